The van der Waals surface area contributed by atoms with Gasteiger partial charge in [-0.1, -0.05) is 19.3 Å². The number of nitrogens with zero attached hydrogens (tertiary/aromatic N) is 1. The molecule has 1 aliphatic heterocycles. The molecule has 4 heteroatoms. The standard InChI is InChI=1S/C15H28N2O2/c1-15(2,3)19-14(18)17-10-9-13(11-17)16-12-7-5-4-6-8-12/h12-13,16H,4-11H2,1-3H3. The number of likely N-dealkylation sites (tertiary alicyclic amines) is 1. The summed E-state index contributed by atoms with van der Waals surface area (Å²) in [6.07, 6.45) is 7.55. The van der Waals surface area contributed by atoms with Gasteiger partial charge in [-0.15, -0.1) is 0 Å². The van der Waals surface area contributed by atoms with E-state index in [1.165, 1.54) is 32.1 Å². The molecule has 1 atom stereocenters. The van der Waals surface area contributed by atoms with Crippen LogP contribution in [0.3, 0.4) is 0 Å². The van der Waals surface area contributed by atoms with Gasteiger partial charge in [0.05, 0.1) is 0 Å². The highest BCUT2D eigenvalue weighted by Crippen LogP contribution is 2.20. The molecule has 0 spiro atoms. The predicted octanol–water partition coefficient (Wildman–Crippen LogP) is 2.92. The minimum absolute atomic E-state index is 0.166. The van der Waals surface area contributed by atoms with E-state index in [2.05, 4.69) is 5.32 Å². The molecule has 0 aromatic rings. The average molecular weight is 268 g/mol. The zero-order chi connectivity index (χ0) is 13.9. The lowest BCUT2D eigenvalue weighted by molar-refractivity contribution is 0.0290. The van der Waals surface area contributed by atoms with Crippen LogP contribution in [0.4, 0.5) is 4.79 Å². The summed E-state index contributed by atoms with van der Waals surface area (Å²) in [7, 11) is 0. The fraction of sp³-hybridized carbons (Fsp3) is 0.933. The first-order valence-corrected chi connectivity index (χ1v) is 7.68. The van der Waals surface area contributed by atoms with E-state index >= 15 is 0 Å². The van der Waals surface area contributed by atoms with Crippen molar-refractivity contribution in [2.75, 3.05) is 13.1 Å². The van der Waals surface area contributed by atoms with Gasteiger partial charge >= 0.3 is 6.09 Å². The van der Waals surface area contributed by atoms with Crippen LogP contribution in [0.5, 0.6) is 0 Å². The van der Waals surface area contributed by atoms with Crippen molar-refractivity contribution in [3.05, 3.63) is 0 Å². The molecule has 1 unspecified atom stereocenters. The first kappa shape index (κ1) is 14.6. The van der Waals surface area contributed by atoms with Crippen LogP contribution in [0.25, 0.3) is 0 Å². The minimum Gasteiger partial charge on any atom is -0.444 e. The van der Waals surface area contributed by atoms with Crippen LogP contribution in [0.15, 0.2) is 0 Å². The molecule has 4 nitrogen and oxygen atoms in total. The molecule has 0 aromatic carbocycles. The topological polar surface area (TPSA) is 41.6 Å². The third kappa shape index (κ3) is 4.68. The van der Waals surface area contributed by atoms with Crippen LogP contribution in [0.2, 0.25) is 0 Å². The van der Waals surface area contributed by atoms with Crippen LogP contribution >= 0.6 is 0 Å². The highest BCUT2D eigenvalue weighted by Gasteiger charge is 2.30. The number of amides is 1. The Morgan fingerprint density at radius 1 is 1.11 bits per heavy atom. The van der Waals surface area contributed by atoms with Gasteiger partial charge in [0.25, 0.3) is 0 Å². The lowest BCUT2D eigenvalue weighted by atomic mass is 9.95. The summed E-state index contributed by atoms with van der Waals surface area (Å²) in [4.78, 5) is 13.8. The van der Waals surface area contributed by atoms with E-state index in [-0.39, 0.29) is 6.09 Å². The Hall–Kier alpha value is -0.770. The largest absolute Gasteiger partial charge is 0.444 e. The monoisotopic (exact) mass is 268 g/mol. The van der Waals surface area contributed by atoms with Crippen molar-refractivity contribution in [3.63, 3.8) is 0 Å². The SMILES string of the molecule is CC(C)(C)OC(=O)N1CCC(NC2CCCCC2)C1. The van der Waals surface area contributed by atoms with E-state index in [4.69, 9.17) is 4.74 Å². The van der Waals surface area contributed by atoms with E-state index in [0.29, 0.717) is 12.1 Å². The molecule has 19 heavy (non-hydrogen) atoms. The van der Waals surface area contributed by atoms with Crippen molar-refractivity contribution in [2.24, 2.45) is 0 Å². The molecule has 1 aliphatic carbocycles. The number of carbonyl (C=O) groups excluding carboxylic acids is 1. The van der Waals surface area contributed by atoms with Crippen molar-refractivity contribution in [1.82, 2.24) is 10.2 Å². The van der Waals surface area contributed by atoms with E-state index in [1.54, 1.807) is 0 Å². The van der Waals surface area contributed by atoms with Crippen LogP contribution in [-0.4, -0.2) is 41.8 Å². The maximum atomic E-state index is 12.0. The van der Waals surface area contributed by atoms with Gasteiger partial charge in [-0.25, -0.2) is 4.79 Å². The highest BCUT2D eigenvalue weighted by atomic mass is 16.6. The molecule has 1 heterocycles. The summed E-state index contributed by atoms with van der Waals surface area (Å²) < 4.78 is 5.42. The molecular weight excluding hydrogens is 240 g/mol. The fourth-order valence-corrected chi connectivity index (χ4v) is 2.99. The number of rotatable bonds is 2. The Bertz CT molecular complexity index is 306. The Morgan fingerprint density at radius 2 is 1.79 bits per heavy atom. The van der Waals surface area contributed by atoms with Crippen LogP contribution in [0.1, 0.15) is 59.3 Å². The summed E-state index contributed by atoms with van der Waals surface area (Å²) in [6, 6.07) is 1.12. The van der Waals surface area contributed by atoms with Gasteiger partial charge in [0, 0.05) is 25.2 Å². The lowest BCUT2D eigenvalue weighted by Gasteiger charge is -2.27. The summed E-state index contributed by atoms with van der Waals surface area (Å²) in [5.41, 5.74) is -0.397. The second-order valence-corrected chi connectivity index (χ2v) is 6.91. The Morgan fingerprint density at radius 3 is 2.42 bits per heavy atom. The normalized spacial score (nSPS) is 25.6. The second-order valence-electron chi connectivity index (χ2n) is 6.91. The number of ether oxygens (including phenoxy) is 1. The van der Waals surface area contributed by atoms with E-state index in [9.17, 15) is 4.79 Å². The lowest BCUT2D eigenvalue weighted by Crippen LogP contribution is -2.42. The summed E-state index contributed by atoms with van der Waals surface area (Å²) >= 11 is 0. The number of hydrogen-bond acceptors (Lipinski definition) is 3. The Balaban J connectivity index is 1.74. The van der Waals surface area contributed by atoms with E-state index < -0.39 is 5.60 Å². The Kier molecular flexibility index (Phi) is 4.71. The van der Waals surface area contributed by atoms with Gasteiger partial charge in [-0.3, -0.25) is 0 Å². The number of nitrogens with one attached hydrogen (secondary N) is 1. The number of carbonyl (C=O) groups is 1. The van der Waals surface area contributed by atoms with Crippen molar-refractivity contribution in [3.8, 4) is 0 Å². The van der Waals surface area contributed by atoms with Crippen molar-refractivity contribution in [2.45, 2.75) is 77.0 Å². The molecule has 2 rings (SSSR count). The molecule has 1 amide bonds. The van der Waals surface area contributed by atoms with Crippen LogP contribution in [-0.2, 0) is 4.74 Å². The summed E-state index contributed by atoms with van der Waals surface area (Å²) in [5, 5.41) is 3.72. The van der Waals surface area contributed by atoms with Gasteiger partial charge in [0.15, 0.2) is 0 Å². The second kappa shape index (κ2) is 6.12. The maximum absolute atomic E-state index is 12.0. The van der Waals surface area contributed by atoms with Crippen molar-refractivity contribution < 1.29 is 9.53 Å². The third-order valence-corrected chi connectivity index (χ3v) is 3.92. The fourth-order valence-electron chi connectivity index (χ4n) is 2.99. The molecule has 0 radical (unpaired) electrons. The van der Waals surface area contributed by atoms with E-state index in [1.807, 2.05) is 25.7 Å². The van der Waals surface area contributed by atoms with Gasteiger partial charge < -0.3 is 15.0 Å². The molecule has 110 valence electrons. The third-order valence-electron chi connectivity index (χ3n) is 3.92. The zero-order valence-electron chi connectivity index (χ0n) is 12.6. The van der Waals surface area contributed by atoms with Crippen LogP contribution < -0.4 is 5.32 Å². The molecule has 1 saturated heterocycles. The van der Waals surface area contributed by atoms with Gasteiger partial charge in [0.1, 0.15) is 5.60 Å². The molecule has 2 fully saturated rings. The average Bonchev–Trinajstić information content (AvgIpc) is 2.77. The summed E-state index contributed by atoms with van der Waals surface area (Å²) in [6.45, 7) is 7.36. The zero-order valence-corrected chi connectivity index (χ0v) is 12.6. The van der Waals surface area contributed by atoms with E-state index in [0.717, 1.165) is 19.5 Å². The molecule has 1 N–H and O–H groups in total. The number of hydrogen-bond donors (Lipinski definition) is 1. The van der Waals surface area contributed by atoms with Gasteiger partial charge in [-0.2, -0.15) is 0 Å². The Labute approximate surface area is 116 Å². The molecule has 1 saturated carbocycles. The first-order chi connectivity index (χ1) is 8.94. The summed E-state index contributed by atoms with van der Waals surface area (Å²) in [5.74, 6) is 0. The molecule has 0 aromatic heterocycles. The highest BCUT2D eigenvalue weighted by molar-refractivity contribution is 5.68. The molecule has 2 aliphatic rings. The maximum Gasteiger partial charge on any atom is 0.410 e. The van der Waals surface area contributed by atoms with Crippen LogP contribution in [0, 0.1) is 0 Å². The molecule has 0 bridgehead atoms. The van der Waals surface area contributed by atoms with Gasteiger partial charge in [0.2, 0.25) is 0 Å². The minimum atomic E-state index is -0.397. The smallest absolute Gasteiger partial charge is 0.410 e. The first-order valence-electron chi connectivity index (χ1n) is 7.68. The predicted molar refractivity (Wildman–Crippen MR) is 76.2 cm³/mol. The quantitative estimate of drug-likeness (QED) is 0.837. The molecular formula is C15H28N2O2. The van der Waals surface area contributed by atoms with Gasteiger partial charge in [-0.05, 0) is 40.0 Å². The van der Waals surface area contributed by atoms with Crippen molar-refractivity contribution in [1.29, 1.82) is 0 Å². The van der Waals surface area contributed by atoms with Crippen molar-refractivity contribution >= 4 is 6.09 Å².